The van der Waals surface area contributed by atoms with Gasteiger partial charge in [0.1, 0.15) is 11.5 Å². The van der Waals surface area contributed by atoms with Gasteiger partial charge in [-0.2, -0.15) is 0 Å². The van der Waals surface area contributed by atoms with Gasteiger partial charge in [-0.3, -0.25) is 4.79 Å². The lowest BCUT2D eigenvalue weighted by molar-refractivity contribution is -0.115. The fourth-order valence-corrected chi connectivity index (χ4v) is 3.82. The molecule has 1 amide bonds. The maximum absolute atomic E-state index is 12.8. The van der Waals surface area contributed by atoms with Crippen LogP contribution in [0, 0.1) is 6.92 Å². The van der Waals surface area contributed by atoms with E-state index in [9.17, 15) is 4.79 Å². The van der Waals surface area contributed by atoms with E-state index in [4.69, 9.17) is 9.47 Å². The Morgan fingerprint density at radius 1 is 1.20 bits per heavy atom. The highest BCUT2D eigenvalue weighted by molar-refractivity contribution is 5.94. The van der Waals surface area contributed by atoms with Gasteiger partial charge in [-0.1, -0.05) is 25.1 Å². The van der Waals surface area contributed by atoms with Crippen LogP contribution in [-0.2, 0) is 30.5 Å². The maximum atomic E-state index is 12.8. The molecule has 0 saturated heterocycles. The van der Waals surface area contributed by atoms with Crippen molar-refractivity contribution in [1.82, 2.24) is 0 Å². The molecule has 0 atom stereocenters. The lowest BCUT2D eigenvalue weighted by Crippen LogP contribution is -2.17. The van der Waals surface area contributed by atoms with Gasteiger partial charge in [-0.25, -0.2) is 0 Å². The summed E-state index contributed by atoms with van der Waals surface area (Å²) in [5.74, 6) is 1.83. The summed E-state index contributed by atoms with van der Waals surface area (Å²) in [7, 11) is 0. The second-order valence-electron chi connectivity index (χ2n) is 6.70. The zero-order chi connectivity index (χ0) is 17.4. The molecule has 25 heavy (non-hydrogen) atoms. The monoisotopic (exact) mass is 337 g/mol. The number of anilines is 1. The predicted octanol–water partition coefficient (Wildman–Crippen LogP) is 3.61. The van der Waals surface area contributed by atoms with Crippen LogP contribution >= 0.6 is 0 Å². The van der Waals surface area contributed by atoms with Gasteiger partial charge in [0.05, 0.1) is 19.6 Å². The number of aryl methyl sites for hydroxylation is 2. The average molecular weight is 337 g/mol. The predicted molar refractivity (Wildman–Crippen MR) is 97.7 cm³/mol. The molecule has 0 aliphatic carbocycles. The van der Waals surface area contributed by atoms with Crippen molar-refractivity contribution in [3.8, 4) is 11.5 Å². The second-order valence-corrected chi connectivity index (χ2v) is 6.70. The maximum Gasteiger partial charge on any atom is 0.228 e. The van der Waals surface area contributed by atoms with E-state index in [0.29, 0.717) is 19.6 Å². The summed E-state index contributed by atoms with van der Waals surface area (Å²) < 4.78 is 11.6. The van der Waals surface area contributed by atoms with Crippen molar-refractivity contribution < 1.29 is 14.3 Å². The third-order valence-electron chi connectivity index (χ3n) is 5.10. The quantitative estimate of drug-likeness (QED) is 0.927. The Balaban J connectivity index is 1.63. The summed E-state index contributed by atoms with van der Waals surface area (Å²) >= 11 is 0. The number of fused-ring (bicyclic) bond motifs is 2. The fraction of sp³-hybridized carbons (Fsp3) is 0.381. The largest absolute Gasteiger partial charge is 0.493 e. The molecule has 4 nitrogen and oxygen atoms in total. The van der Waals surface area contributed by atoms with Gasteiger partial charge < -0.3 is 14.8 Å². The Hall–Kier alpha value is -2.49. The summed E-state index contributed by atoms with van der Waals surface area (Å²) in [4.78, 5) is 12.8. The molecular weight excluding hydrogens is 314 g/mol. The van der Waals surface area contributed by atoms with Gasteiger partial charge in [0.15, 0.2) is 0 Å². The SMILES string of the molecule is CCc1cccc(C)c1NC(=O)Cc1c2c(cc3c1OCC3)OCC2. The van der Waals surface area contributed by atoms with Gasteiger partial charge >= 0.3 is 0 Å². The van der Waals surface area contributed by atoms with Crippen LogP contribution in [0.4, 0.5) is 5.69 Å². The molecular formula is C21H23NO3. The van der Waals surface area contributed by atoms with E-state index < -0.39 is 0 Å². The molecule has 2 heterocycles. The summed E-state index contributed by atoms with van der Waals surface area (Å²) in [6, 6.07) is 8.22. The molecule has 0 fully saturated rings. The molecule has 2 aliphatic heterocycles. The van der Waals surface area contributed by atoms with Crippen LogP contribution in [0.1, 0.15) is 34.7 Å². The van der Waals surface area contributed by atoms with E-state index in [0.717, 1.165) is 64.3 Å². The Bertz CT molecular complexity index is 809. The summed E-state index contributed by atoms with van der Waals surface area (Å²) in [5.41, 5.74) is 6.50. The number of benzene rings is 2. The van der Waals surface area contributed by atoms with Crippen molar-refractivity contribution in [3.05, 3.63) is 52.1 Å². The highest BCUT2D eigenvalue weighted by atomic mass is 16.5. The molecule has 0 radical (unpaired) electrons. The number of nitrogens with one attached hydrogen (secondary N) is 1. The fourth-order valence-electron chi connectivity index (χ4n) is 3.82. The number of hydrogen-bond donors (Lipinski definition) is 1. The topological polar surface area (TPSA) is 47.6 Å². The van der Waals surface area contributed by atoms with E-state index >= 15 is 0 Å². The van der Waals surface area contributed by atoms with Crippen molar-refractivity contribution in [2.45, 2.75) is 39.5 Å². The first-order valence-corrected chi connectivity index (χ1v) is 8.99. The van der Waals surface area contributed by atoms with E-state index in [1.807, 2.05) is 19.1 Å². The lowest BCUT2D eigenvalue weighted by Gasteiger charge is -2.15. The molecule has 1 N–H and O–H groups in total. The Labute approximate surface area is 148 Å². The smallest absolute Gasteiger partial charge is 0.228 e. The standard InChI is InChI=1S/C21H23NO3/c1-3-14-6-4-5-13(2)20(14)22-19(23)12-17-16-8-10-24-18(16)11-15-7-9-25-21(15)17/h4-6,11H,3,7-10,12H2,1-2H3,(H,22,23). The summed E-state index contributed by atoms with van der Waals surface area (Å²) in [5, 5.41) is 3.13. The minimum Gasteiger partial charge on any atom is -0.493 e. The molecule has 0 saturated carbocycles. The van der Waals surface area contributed by atoms with Crippen molar-refractivity contribution >= 4 is 11.6 Å². The molecule has 4 heteroatoms. The van der Waals surface area contributed by atoms with Crippen LogP contribution in [0.2, 0.25) is 0 Å². The lowest BCUT2D eigenvalue weighted by atomic mass is 9.97. The second kappa shape index (κ2) is 6.43. The third kappa shape index (κ3) is 2.86. The van der Waals surface area contributed by atoms with Gasteiger partial charge in [0.2, 0.25) is 5.91 Å². The molecule has 2 aliphatic rings. The minimum atomic E-state index is 0.00185. The van der Waals surface area contributed by atoms with Crippen LogP contribution in [0.25, 0.3) is 0 Å². The Kier molecular flexibility index (Phi) is 4.12. The number of hydrogen-bond acceptors (Lipinski definition) is 3. The first kappa shape index (κ1) is 16.0. The zero-order valence-electron chi connectivity index (χ0n) is 14.8. The van der Waals surface area contributed by atoms with Crippen molar-refractivity contribution in [3.63, 3.8) is 0 Å². The van der Waals surface area contributed by atoms with Gasteiger partial charge in [0.25, 0.3) is 0 Å². The van der Waals surface area contributed by atoms with Crippen LogP contribution in [0.5, 0.6) is 11.5 Å². The molecule has 0 aromatic heterocycles. The molecule has 130 valence electrons. The zero-order valence-corrected chi connectivity index (χ0v) is 14.8. The highest BCUT2D eigenvalue weighted by Crippen LogP contribution is 2.41. The Morgan fingerprint density at radius 2 is 2.04 bits per heavy atom. The number of carbonyl (C=O) groups excluding carboxylic acids is 1. The number of rotatable bonds is 4. The molecule has 0 bridgehead atoms. The van der Waals surface area contributed by atoms with E-state index in [-0.39, 0.29) is 5.91 Å². The van der Waals surface area contributed by atoms with E-state index in [2.05, 4.69) is 24.4 Å². The van der Waals surface area contributed by atoms with Gasteiger partial charge in [0, 0.05) is 35.2 Å². The molecule has 2 aromatic rings. The van der Waals surface area contributed by atoms with Crippen LogP contribution in [-0.4, -0.2) is 19.1 Å². The van der Waals surface area contributed by atoms with E-state index in [1.54, 1.807) is 0 Å². The van der Waals surface area contributed by atoms with Crippen LogP contribution in [0.3, 0.4) is 0 Å². The molecule has 0 spiro atoms. The summed E-state index contributed by atoms with van der Waals surface area (Å²) in [6.07, 6.45) is 2.95. The first-order chi connectivity index (χ1) is 12.2. The molecule has 0 unspecified atom stereocenters. The average Bonchev–Trinajstić information content (AvgIpc) is 3.25. The molecule has 4 rings (SSSR count). The normalized spacial score (nSPS) is 14.5. The number of ether oxygens (including phenoxy) is 2. The van der Waals surface area contributed by atoms with Crippen LogP contribution in [0.15, 0.2) is 24.3 Å². The summed E-state index contributed by atoms with van der Waals surface area (Å²) in [6.45, 7) is 5.51. The third-order valence-corrected chi connectivity index (χ3v) is 5.10. The van der Waals surface area contributed by atoms with Crippen molar-refractivity contribution in [2.24, 2.45) is 0 Å². The van der Waals surface area contributed by atoms with Gasteiger partial charge in [-0.15, -0.1) is 0 Å². The Morgan fingerprint density at radius 3 is 2.88 bits per heavy atom. The number of para-hydroxylation sites is 1. The first-order valence-electron chi connectivity index (χ1n) is 8.99. The van der Waals surface area contributed by atoms with Gasteiger partial charge in [-0.05, 0) is 30.5 Å². The van der Waals surface area contributed by atoms with Crippen molar-refractivity contribution in [1.29, 1.82) is 0 Å². The van der Waals surface area contributed by atoms with Crippen molar-refractivity contribution in [2.75, 3.05) is 18.5 Å². The highest BCUT2D eigenvalue weighted by Gasteiger charge is 2.27. The van der Waals surface area contributed by atoms with Crippen LogP contribution < -0.4 is 14.8 Å². The number of carbonyl (C=O) groups is 1. The molecule has 2 aromatic carbocycles. The minimum absolute atomic E-state index is 0.00185. The van der Waals surface area contributed by atoms with E-state index in [1.165, 1.54) is 0 Å². The number of amides is 1.